The van der Waals surface area contributed by atoms with E-state index in [1.165, 1.54) is 7.11 Å². The van der Waals surface area contributed by atoms with E-state index in [9.17, 15) is 9.59 Å². The van der Waals surface area contributed by atoms with Crippen LogP contribution in [0.1, 0.15) is 69.1 Å². The minimum atomic E-state index is -0.456. The van der Waals surface area contributed by atoms with Crippen LogP contribution in [0.4, 0.5) is 4.79 Å². The van der Waals surface area contributed by atoms with Crippen molar-refractivity contribution < 1.29 is 19.1 Å². The van der Waals surface area contributed by atoms with Crippen LogP contribution in [0, 0.1) is 11.3 Å². The monoisotopic (exact) mass is 436 g/mol. The van der Waals surface area contributed by atoms with Gasteiger partial charge in [0, 0.05) is 23.9 Å². The van der Waals surface area contributed by atoms with Gasteiger partial charge in [-0.05, 0) is 75.7 Å². The molecule has 0 unspecified atom stereocenters. The van der Waals surface area contributed by atoms with Crippen LogP contribution in [0.5, 0.6) is 0 Å². The molecule has 0 atom stereocenters. The van der Waals surface area contributed by atoms with Crippen LogP contribution in [0.15, 0.2) is 30.3 Å². The second kappa shape index (κ2) is 7.19. The van der Waals surface area contributed by atoms with E-state index in [1.54, 1.807) is 0 Å². The lowest BCUT2D eigenvalue weighted by Gasteiger charge is -2.74. The fourth-order valence-corrected chi connectivity index (χ4v) is 6.36. The molecule has 1 aliphatic heterocycles. The number of likely N-dealkylation sites (tertiary alicyclic amines) is 1. The fourth-order valence-electron chi connectivity index (χ4n) is 6.36. The highest BCUT2D eigenvalue weighted by atomic mass is 16.6. The summed E-state index contributed by atoms with van der Waals surface area (Å²) < 4.78 is 10.5. The Labute approximate surface area is 189 Å². The minimum absolute atomic E-state index is 0.0753. The topological polar surface area (TPSA) is 68.7 Å². The van der Waals surface area contributed by atoms with Crippen molar-refractivity contribution in [1.82, 2.24) is 9.88 Å². The second-order valence-corrected chi connectivity index (χ2v) is 11.0. The molecule has 170 valence electrons. The summed E-state index contributed by atoms with van der Waals surface area (Å²) in [7, 11) is 1.40. The minimum Gasteiger partial charge on any atom is -0.464 e. The zero-order chi connectivity index (χ0) is 22.7. The van der Waals surface area contributed by atoms with Gasteiger partial charge in [-0.25, -0.2) is 14.6 Å². The Morgan fingerprint density at radius 3 is 2.38 bits per heavy atom. The average Bonchev–Trinajstić information content (AvgIpc) is 2.70. The summed E-state index contributed by atoms with van der Waals surface area (Å²) in [4.78, 5) is 31.3. The highest BCUT2D eigenvalue weighted by Crippen LogP contribution is 2.77. The molecule has 1 saturated heterocycles. The largest absolute Gasteiger partial charge is 0.464 e. The number of esters is 1. The van der Waals surface area contributed by atoms with E-state index in [0.29, 0.717) is 17.0 Å². The Hall–Kier alpha value is -2.63. The van der Waals surface area contributed by atoms with Gasteiger partial charge in [-0.1, -0.05) is 24.3 Å². The summed E-state index contributed by atoms with van der Waals surface area (Å²) in [5.41, 5.74) is 1.44. The maximum Gasteiger partial charge on any atom is 0.410 e. The second-order valence-electron chi connectivity index (χ2n) is 11.0. The van der Waals surface area contributed by atoms with Crippen molar-refractivity contribution in [3.63, 3.8) is 0 Å². The Kier molecular flexibility index (Phi) is 4.77. The number of benzene rings is 1. The predicted molar refractivity (Wildman–Crippen MR) is 122 cm³/mol. The molecule has 6 heteroatoms. The third kappa shape index (κ3) is 3.35. The Bertz CT molecular complexity index is 1060. The third-order valence-corrected chi connectivity index (χ3v) is 7.72. The molecule has 32 heavy (non-hydrogen) atoms. The Morgan fingerprint density at radius 2 is 1.75 bits per heavy atom. The lowest BCUT2D eigenvalue weighted by atomic mass is 9.30. The fraction of sp³-hybridized carbons (Fsp3) is 0.577. The van der Waals surface area contributed by atoms with Gasteiger partial charge < -0.3 is 14.4 Å². The van der Waals surface area contributed by atoms with Crippen molar-refractivity contribution in [1.29, 1.82) is 0 Å². The van der Waals surface area contributed by atoms with Crippen LogP contribution in [0.25, 0.3) is 10.8 Å². The smallest absolute Gasteiger partial charge is 0.410 e. The number of carbonyl (C=O) groups is 2. The molecule has 6 rings (SSSR count). The molecule has 0 N–H and O–H groups in total. The summed E-state index contributed by atoms with van der Waals surface area (Å²) in [6, 6.07) is 10.0. The van der Waals surface area contributed by atoms with Gasteiger partial charge in [-0.15, -0.1) is 0 Å². The van der Waals surface area contributed by atoms with Crippen molar-refractivity contribution in [2.45, 2.75) is 63.9 Å². The van der Waals surface area contributed by atoms with Crippen molar-refractivity contribution in [3.05, 3.63) is 41.7 Å². The molecule has 1 aromatic carbocycles. The van der Waals surface area contributed by atoms with Crippen LogP contribution >= 0.6 is 0 Å². The third-order valence-electron chi connectivity index (χ3n) is 7.72. The number of piperidine rings is 1. The summed E-state index contributed by atoms with van der Waals surface area (Å²) in [5, 5.41) is 2.19. The van der Waals surface area contributed by atoms with E-state index in [2.05, 4.69) is 6.07 Å². The normalized spacial score (nSPS) is 27.4. The molecule has 4 fully saturated rings. The van der Waals surface area contributed by atoms with E-state index in [-0.39, 0.29) is 17.5 Å². The number of pyridine rings is 1. The van der Waals surface area contributed by atoms with E-state index in [4.69, 9.17) is 14.5 Å². The number of carbonyl (C=O) groups excluding carboxylic acids is 2. The highest BCUT2D eigenvalue weighted by Gasteiger charge is 2.71. The van der Waals surface area contributed by atoms with Gasteiger partial charge in [0.2, 0.25) is 0 Å². The number of ether oxygens (including phenoxy) is 2. The number of methoxy groups -OCH3 is 1. The number of nitrogens with zero attached hydrogens (tertiary/aromatic N) is 2. The van der Waals surface area contributed by atoms with Gasteiger partial charge in [0.05, 0.1) is 12.8 Å². The molecule has 1 aromatic heterocycles. The molecular weight excluding hydrogens is 404 g/mol. The van der Waals surface area contributed by atoms with Gasteiger partial charge in [-0.3, -0.25) is 0 Å². The van der Waals surface area contributed by atoms with Crippen LogP contribution in [-0.4, -0.2) is 47.7 Å². The molecule has 3 aliphatic carbocycles. The average molecular weight is 437 g/mol. The zero-order valence-corrected chi connectivity index (χ0v) is 19.4. The van der Waals surface area contributed by atoms with Crippen molar-refractivity contribution in [2.75, 3.05) is 20.2 Å². The van der Waals surface area contributed by atoms with Crippen molar-refractivity contribution in [2.24, 2.45) is 11.3 Å². The SMILES string of the molecule is COC(=O)c1cc2ccccc2c(C23CC(C4CCN(C(=O)OC(C)(C)C)CC4)(C2)C3)n1. The standard InChI is InChI=1S/C26H32N2O4/c1-24(2,3)32-23(30)28-11-9-18(10-12-28)25-14-26(15-25,16-25)21-19-8-6-5-7-17(19)13-20(27-21)22(29)31-4/h5-8,13,18H,9-12,14-16H2,1-4H3. The number of aromatic nitrogens is 1. The Morgan fingerprint density at radius 1 is 1.09 bits per heavy atom. The molecule has 2 aromatic rings. The van der Waals surface area contributed by atoms with Gasteiger partial charge in [0.15, 0.2) is 0 Å². The van der Waals surface area contributed by atoms with Gasteiger partial charge >= 0.3 is 12.1 Å². The molecule has 6 nitrogen and oxygen atoms in total. The summed E-state index contributed by atoms with van der Waals surface area (Å²) in [5.74, 6) is 0.256. The predicted octanol–water partition coefficient (Wildman–Crippen LogP) is 5.09. The van der Waals surface area contributed by atoms with Gasteiger partial charge in [0.25, 0.3) is 0 Å². The molecule has 1 amide bonds. The van der Waals surface area contributed by atoms with E-state index < -0.39 is 5.60 Å². The zero-order valence-electron chi connectivity index (χ0n) is 19.4. The molecule has 0 spiro atoms. The van der Waals surface area contributed by atoms with Crippen LogP contribution < -0.4 is 0 Å². The van der Waals surface area contributed by atoms with E-state index in [1.807, 2.05) is 49.9 Å². The number of fused-ring (bicyclic) bond motifs is 1. The van der Waals surface area contributed by atoms with Gasteiger partial charge in [-0.2, -0.15) is 0 Å². The number of rotatable bonds is 3. The number of amides is 1. The summed E-state index contributed by atoms with van der Waals surface area (Å²) in [6.45, 7) is 7.27. The maximum atomic E-state index is 12.4. The summed E-state index contributed by atoms with van der Waals surface area (Å²) in [6.07, 6.45) is 5.24. The first-order valence-electron chi connectivity index (χ1n) is 11.6. The van der Waals surface area contributed by atoms with Crippen LogP contribution in [-0.2, 0) is 14.9 Å². The number of hydrogen-bond acceptors (Lipinski definition) is 5. The first-order valence-corrected chi connectivity index (χ1v) is 11.6. The summed E-state index contributed by atoms with van der Waals surface area (Å²) >= 11 is 0. The lowest BCUT2D eigenvalue weighted by molar-refractivity contribution is -0.191. The Balaban J connectivity index is 1.29. The highest BCUT2D eigenvalue weighted by molar-refractivity contribution is 5.95. The molecule has 0 radical (unpaired) electrons. The van der Waals surface area contributed by atoms with Crippen molar-refractivity contribution >= 4 is 22.8 Å². The lowest BCUT2D eigenvalue weighted by Crippen LogP contribution is -2.68. The molecule has 3 saturated carbocycles. The molecule has 2 bridgehead atoms. The van der Waals surface area contributed by atoms with Gasteiger partial charge in [0.1, 0.15) is 11.3 Å². The first-order chi connectivity index (χ1) is 15.1. The molecule has 4 aliphatic rings. The van der Waals surface area contributed by atoms with Crippen LogP contribution in [0.2, 0.25) is 0 Å². The maximum absolute atomic E-state index is 12.4. The van der Waals surface area contributed by atoms with E-state index in [0.717, 1.165) is 61.7 Å². The molecular formula is C26H32N2O4. The quantitative estimate of drug-likeness (QED) is 0.627. The number of hydrogen-bond donors (Lipinski definition) is 0. The van der Waals surface area contributed by atoms with Crippen molar-refractivity contribution in [3.8, 4) is 0 Å². The van der Waals surface area contributed by atoms with E-state index >= 15 is 0 Å². The molecule has 2 heterocycles. The van der Waals surface area contributed by atoms with Crippen LogP contribution in [0.3, 0.4) is 0 Å². The first kappa shape index (κ1) is 21.2.